The topological polar surface area (TPSA) is 29.1 Å². The summed E-state index contributed by atoms with van der Waals surface area (Å²) in [6.45, 7) is 2.18. The average molecular weight is 247 g/mol. The summed E-state index contributed by atoms with van der Waals surface area (Å²) in [7, 11) is 0. The van der Waals surface area contributed by atoms with Crippen LogP contribution in [0.4, 0.5) is 10.1 Å². The van der Waals surface area contributed by atoms with Crippen molar-refractivity contribution in [3.8, 4) is 0 Å². The van der Waals surface area contributed by atoms with Gasteiger partial charge >= 0.3 is 0 Å². The van der Waals surface area contributed by atoms with Gasteiger partial charge in [-0.15, -0.1) is 0 Å². The van der Waals surface area contributed by atoms with Crippen molar-refractivity contribution in [2.45, 2.75) is 44.9 Å². The molecule has 1 fully saturated rings. The van der Waals surface area contributed by atoms with Crippen molar-refractivity contribution >= 4 is 11.6 Å². The Hall–Kier alpha value is -1.38. The summed E-state index contributed by atoms with van der Waals surface area (Å²) in [4.78, 5) is 12.2. The molecule has 0 bridgehead atoms. The second-order valence-electron chi connectivity index (χ2n) is 5.84. The number of hydrogen-bond donors (Lipinski definition) is 1. The number of carbonyl (C=O) groups is 1. The number of benzene rings is 1. The Morgan fingerprint density at radius 1 is 1.28 bits per heavy atom. The molecule has 18 heavy (non-hydrogen) atoms. The molecule has 0 saturated heterocycles. The van der Waals surface area contributed by atoms with Crippen LogP contribution in [0, 0.1) is 11.2 Å². The van der Waals surface area contributed by atoms with Crippen molar-refractivity contribution in [3.05, 3.63) is 29.6 Å². The molecule has 0 aromatic heterocycles. The van der Waals surface area contributed by atoms with Gasteiger partial charge in [0.1, 0.15) is 5.82 Å². The molecular formula is C15H18FNO. The van der Waals surface area contributed by atoms with Gasteiger partial charge in [-0.05, 0) is 29.9 Å². The van der Waals surface area contributed by atoms with Crippen LogP contribution in [0.25, 0.3) is 0 Å². The highest BCUT2D eigenvalue weighted by atomic mass is 19.1. The van der Waals surface area contributed by atoms with Crippen molar-refractivity contribution < 1.29 is 9.18 Å². The fourth-order valence-corrected chi connectivity index (χ4v) is 3.59. The van der Waals surface area contributed by atoms with E-state index >= 15 is 0 Å². The first-order valence-electron chi connectivity index (χ1n) is 6.71. The van der Waals surface area contributed by atoms with E-state index < -0.39 is 0 Å². The molecule has 96 valence electrons. The molecule has 1 aliphatic heterocycles. The zero-order chi connectivity index (χ0) is 12.8. The summed E-state index contributed by atoms with van der Waals surface area (Å²) in [6.07, 6.45) is 5.71. The van der Waals surface area contributed by atoms with Gasteiger partial charge in [-0.3, -0.25) is 4.79 Å². The van der Waals surface area contributed by atoms with Gasteiger partial charge in [0, 0.05) is 0 Å². The van der Waals surface area contributed by atoms with Crippen LogP contribution in [-0.4, -0.2) is 5.91 Å². The summed E-state index contributed by atoms with van der Waals surface area (Å²) in [6, 6.07) is 5.00. The highest BCUT2D eigenvalue weighted by Gasteiger charge is 2.45. The van der Waals surface area contributed by atoms with Crippen LogP contribution < -0.4 is 5.32 Å². The van der Waals surface area contributed by atoms with Gasteiger partial charge in [-0.2, -0.15) is 0 Å². The molecule has 1 aromatic rings. The molecule has 0 radical (unpaired) electrons. The smallest absolute Gasteiger partial charge is 0.232 e. The number of hydrogen-bond acceptors (Lipinski definition) is 1. The Kier molecular flexibility index (Phi) is 2.65. The first-order chi connectivity index (χ1) is 8.62. The number of rotatable bonds is 1. The number of anilines is 1. The van der Waals surface area contributed by atoms with Gasteiger partial charge in [0.15, 0.2) is 0 Å². The second kappa shape index (κ2) is 4.08. The van der Waals surface area contributed by atoms with Crippen LogP contribution in [-0.2, 0) is 4.79 Å². The largest absolute Gasteiger partial charge is 0.323 e. The minimum atomic E-state index is -0.317. The van der Waals surface area contributed by atoms with E-state index in [9.17, 15) is 9.18 Å². The Morgan fingerprint density at radius 3 is 2.72 bits per heavy atom. The fraction of sp³-hybridized carbons (Fsp3) is 0.533. The average Bonchev–Trinajstić information content (AvgIpc) is 2.68. The Balaban J connectivity index is 2.03. The standard InChI is InChI=1S/C15H18FNO/c1-15(8-3-2-4-9-15)12-10-6-5-7-11(16)13(10)17-14(12)18/h5-7,12H,2-4,8-9H2,1H3,(H,17,18). The van der Waals surface area contributed by atoms with Gasteiger partial charge in [-0.25, -0.2) is 4.39 Å². The summed E-state index contributed by atoms with van der Waals surface area (Å²) in [5, 5.41) is 2.72. The minimum Gasteiger partial charge on any atom is -0.323 e. The van der Waals surface area contributed by atoms with Crippen molar-refractivity contribution in [1.29, 1.82) is 0 Å². The number of carbonyl (C=O) groups excluding carboxylic acids is 1. The number of fused-ring (bicyclic) bond motifs is 1. The van der Waals surface area contributed by atoms with Crippen LogP contribution in [0.1, 0.15) is 50.5 Å². The summed E-state index contributed by atoms with van der Waals surface area (Å²) >= 11 is 0. The van der Waals surface area contributed by atoms with E-state index in [1.54, 1.807) is 6.07 Å². The van der Waals surface area contributed by atoms with Gasteiger partial charge in [0.25, 0.3) is 0 Å². The summed E-state index contributed by atoms with van der Waals surface area (Å²) in [5.41, 5.74) is 1.24. The first kappa shape index (κ1) is 11.7. The molecule has 1 N–H and O–H groups in total. The molecular weight excluding hydrogens is 229 g/mol. The maximum Gasteiger partial charge on any atom is 0.232 e. The second-order valence-corrected chi connectivity index (χ2v) is 5.84. The van der Waals surface area contributed by atoms with Crippen LogP contribution in [0.15, 0.2) is 18.2 Å². The molecule has 1 atom stereocenters. The van der Waals surface area contributed by atoms with E-state index in [-0.39, 0.29) is 23.1 Å². The first-order valence-corrected chi connectivity index (χ1v) is 6.71. The Bertz CT molecular complexity index is 491. The van der Waals surface area contributed by atoms with Crippen molar-refractivity contribution in [2.24, 2.45) is 5.41 Å². The zero-order valence-electron chi connectivity index (χ0n) is 10.6. The van der Waals surface area contributed by atoms with Crippen molar-refractivity contribution in [3.63, 3.8) is 0 Å². The number of nitrogens with one attached hydrogen (secondary N) is 1. The van der Waals surface area contributed by atoms with Gasteiger partial charge in [0.2, 0.25) is 5.91 Å². The predicted octanol–water partition coefficient (Wildman–Crippen LogP) is 3.83. The molecule has 0 spiro atoms. The lowest BCUT2D eigenvalue weighted by atomic mass is 9.65. The van der Waals surface area contributed by atoms with Gasteiger partial charge < -0.3 is 5.32 Å². The molecule has 2 nitrogen and oxygen atoms in total. The van der Waals surface area contributed by atoms with E-state index in [4.69, 9.17) is 0 Å². The highest BCUT2D eigenvalue weighted by molar-refractivity contribution is 6.03. The quantitative estimate of drug-likeness (QED) is 0.802. The molecule has 3 heteroatoms. The van der Waals surface area contributed by atoms with Crippen LogP contribution in [0.5, 0.6) is 0 Å². The van der Waals surface area contributed by atoms with Crippen LogP contribution in [0.2, 0.25) is 0 Å². The maximum atomic E-state index is 13.7. The Labute approximate surface area is 107 Å². The highest BCUT2D eigenvalue weighted by Crippen LogP contribution is 2.51. The number of para-hydroxylation sites is 1. The normalized spacial score (nSPS) is 25.7. The lowest BCUT2D eigenvalue weighted by Crippen LogP contribution is -2.32. The minimum absolute atomic E-state index is 0.0125. The third-order valence-electron chi connectivity index (χ3n) is 4.56. The number of halogens is 1. The fourth-order valence-electron chi connectivity index (χ4n) is 3.59. The molecule has 3 rings (SSSR count). The molecule has 2 aliphatic rings. The number of amides is 1. The lowest BCUT2D eigenvalue weighted by Gasteiger charge is -2.37. The molecule has 1 unspecified atom stereocenters. The van der Waals surface area contributed by atoms with E-state index in [1.165, 1.54) is 25.3 Å². The van der Waals surface area contributed by atoms with Gasteiger partial charge in [-0.1, -0.05) is 38.3 Å². The third-order valence-corrected chi connectivity index (χ3v) is 4.56. The monoisotopic (exact) mass is 247 g/mol. The van der Waals surface area contributed by atoms with E-state index in [0.29, 0.717) is 5.69 Å². The van der Waals surface area contributed by atoms with Crippen LogP contribution >= 0.6 is 0 Å². The summed E-state index contributed by atoms with van der Waals surface area (Å²) < 4.78 is 13.7. The van der Waals surface area contributed by atoms with E-state index in [0.717, 1.165) is 18.4 Å². The van der Waals surface area contributed by atoms with Crippen molar-refractivity contribution in [1.82, 2.24) is 0 Å². The molecule has 1 amide bonds. The SMILES string of the molecule is CC1(C2C(=O)Nc3c(F)cccc32)CCCCC1. The van der Waals surface area contributed by atoms with E-state index in [1.807, 2.05) is 6.07 Å². The Morgan fingerprint density at radius 2 is 2.00 bits per heavy atom. The lowest BCUT2D eigenvalue weighted by molar-refractivity contribution is -0.120. The zero-order valence-corrected chi connectivity index (χ0v) is 10.6. The summed E-state index contributed by atoms with van der Waals surface area (Å²) in [5.74, 6) is -0.522. The molecule has 1 aromatic carbocycles. The van der Waals surface area contributed by atoms with E-state index in [2.05, 4.69) is 12.2 Å². The van der Waals surface area contributed by atoms with Crippen LogP contribution in [0.3, 0.4) is 0 Å². The molecule has 1 aliphatic carbocycles. The van der Waals surface area contributed by atoms with Crippen molar-refractivity contribution in [2.75, 3.05) is 5.32 Å². The third kappa shape index (κ3) is 1.64. The molecule has 1 heterocycles. The molecule has 1 saturated carbocycles. The predicted molar refractivity (Wildman–Crippen MR) is 69.0 cm³/mol. The van der Waals surface area contributed by atoms with Gasteiger partial charge in [0.05, 0.1) is 11.6 Å². The maximum absolute atomic E-state index is 13.7.